The van der Waals surface area contributed by atoms with E-state index in [0.29, 0.717) is 0 Å². The van der Waals surface area contributed by atoms with Gasteiger partial charge in [-0.05, 0) is 93.5 Å². The second kappa shape index (κ2) is 5.16. The van der Waals surface area contributed by atoms with Gasteiger partial charge in [-0.1, -0.05) is 6.42 Å². The summed E-state index contributed by atoms with van der Waals surface area (Å²) < 4.78 is 2.33. The zero-order valence-corrected chi connectivity index (χ0v) is 13.9. The third-order valence-corrected chi connectivity index (χ3v) is 5.86. The van der Waals surface area contributed by atoms with Crippen molar-refractivity contribution < 1.29 is 0 Å². The fourth-order valence-corrected chi connectivity index (χ4v) is 5.42. The Morgan fingerprint density at radius 1 is 1.17 bits per heavy atom. The number of aryl methyl sites for hydroxylation is 1. The predicted molar refractivity (Wildman–Crippen MR) is 84.0 cm³/mol. The Balaban J connectivity index is 1.67. The van der Waals surface area contributed by atoms with Crippen molar-refractivity contribution in [2.75, 3.05) is 11.9 Å². The highest BCUT2D eigenvalue weighted by Crippen LogP contribution is 2.48. The molecule has 3 unspecified atom stereocenters. The number of fused-ring (bicyclic) bond motifs is 2. The Morgan fingerprint density at radius 2 is 1.89 bits per heavy atom. The van der Waals surface area contributed by atoms with Gasteiger partial charge < -0.3 is 5.32 Å². The standard InChI is InChI=1S/C15H19Br2N/c1-9-4-13(16)15(14(17)5-9)18-8-12-7-10-2-3-11(12)6-10/h4-5,10-12,18H,2-3,6-8H2,1H3. The zero-order chi connectivity index (χ0) is 12.7. The number of anilines is 1. The molecule has 3 atom stereocenters. The van der Waals surface area contributed by atoms with Crippen LogP contribution in [0.1, 0.15) is 31.2 Å². The van der Waals surface area contributed by atoms with E-state index in [0.717, 1.165) is 33.2 Å². The van der Waals surface area contributed by atoms with Crippen LogP contribution in [0.25, 0.3) is 0 Å². The van der Waals surface area contributed by atoms with E-state index >= 15 is 0 Å². The summed E-state index contributed by atoms with van der Waals surface area (Å²) in [5.74, 6) is 2.92. The fraction of sp³-hybridized carbons (Fsp3) is 0.600. The normalized spacial score (nSPS) is 29.8. The molecule has 0 heterocycles. The van der Waals surface area contributed by atoms with E-state index in [9.17, 15) is 0 Å². The quantitative estimate of drug-likeness (QED) is 0.752. The van der Waals surface area contributed by atoms with E-state index in [1.165, 1.54) is 36.9 Å². The van der Waals surface area contributed by atoms with Crippen LogP contribution in [0.4, 0.5) is 5.69 Å². The molecule has 2 fully saturated rings. The summed E-state index contributed by atoms with van der Waals surface area (Å²) in [7, 11) is 0. The van der Waals surface area contributed by atoms with Gasteiger partial charge in [-0.25, -0.2) is 0 Å². The lowest BCUT2D eigenvalue weighted by molar-refractivity contribution is 0.348. The third kappa shape index (κ3) is 2.49. The van der Waals surface area contributed by atoms with Gasteiger partial charge in [0.1, 0.15) is 0 Å². The highest BCUT2D eigenvalue weighted by atomic mass is 79.9. The molecule has 98 valence electrons. The van der Waals surface area contributed by atoms with E-state index < -0.39 is 0 Å². The van der Waals surface area contributed by atoms with Crippen LogP contribution in [0, 0.1) is 24.7 Å². The summed E-state index contributed by atoms with van der Waals surface area (Å²) in [6, 6.07) is 4.35. The molecule has 2 bridgehead atoms. The first-order chi connectivity index (χ1) is 8.63. The maximum Gasteiger partial charge on any atom is 0.0629 e. The molecule has 1 aromatic rings. The van der Waals surface area contributed by atoms with E-state index in [-0.39, 0.29) is 0 Å². The van der Waals surface area contributed by atoms with Crippen molar-refractivity contribution in [3.8, 4) is 0 Å². The number of halogens is 2. The highest BCUT2D eigenvalue weighted by molar-refractivity contribution is 9.11. The maximum absolute atomic E-state index is 3.66. The Morgan fingerprint density at radius 3 is 2.44 bits per heavy atom. The molecule has 0 aromatic heterocycles. The van der Waals surface area contributed by atoms with E-state index in [4.69, 9.17) is 0 Å². The Bertz CT molecular complexity index is 435. The SMILES string of the molecule is Cc1cc(Br)c(NCC2CC3CCC2C3)c(Br)c1. The summed E-state index contributed by atoms with van der Waals surface area (Å²) in [5, 5.41) is 3.64. The Hall–Kier alpha value is -0.0200. The summed E-state index contributed by atoms with van der Waals surface area (Å²) >= 11 is 7.31. The molecule has 1 N–H and O–H groups in total. The summed E-state index contributed by atoms with van der Waals surface area (Å²) in [5.41, 5.74) is 2.49. The van der Waals surface area contributed by atoms with Gasteiger partial charge in [-0.15, -0.1) is 0 Å². The van der Waals surface area contributed by atoms with Crippen molar-refractivity contribution in [3.63, 3.8) is 0 Å². The van der Waals surface area contributed by atoms with Gasteiger partial charge in [0.2, 0.25) is 0 Å². The van der Waals surface area contributed by atoms with Crippen LogP contribution in [0.3, 0.4) is 0 Å². The highest BCUT2D eigenvalue weighted by Gasteiger charge is 2.39. The first-order valence-electron chi connectivity index (χ1n) is 6.83. The minimum Gasteiger partial charge on any atom is -0.383 e. The van der Waals surface area contributed by atoms with Crippen molar-refractivity contribution in [1.82, 2.24) is 0 Å². The Labute approximate surface area is 126 Å². The molecule has 0 spiro atoms. The van der Waals surface area contributed by atoms with Gasteiger partial charge in [0, 0.05) is 15.5 Å². The van der Waals surface area contributed by atoms with E-state index in [1.807, 2.05) is 0 Å². The van der Waals surface area contributed by atoms with Gasteiger partial charge in [0.05, 0.1) is 5.69 Å². The summed E-state index contributed by atoms with van der Waals surface area (Å²) in [6.07, 6.45) is 5.88. The first kappa shape index (κ1) is 13.0. The number of benzene rings is 1. The molecule has 2 saturated carbocycles. The minimum absolute atomic E-state index is 0.892. The molecule has 2 aliphatic rings. The van der Waals surface area contributed by atoms with Crippen LogP contribution in [0.15, 0.2) is 21.1 Å². The van der Waals surface area contributed by atoms with Crippen LogP contribution in [-0.2, 0) is 0 Å². The van der Waals surface area contributed by atoms with Crippen molar-refractivity contribution in [1.29, 1.82) is 0 Å². The van der Waals surface area contributed by atoms with E-state index in [1.54, 1.807) is 0 Å². The van der Waals surface area contributed by atoms with Gasteiger partial charge >= 0.3 is 0 Å². The average Bonchev–Trinajstić information content (AvgIpc) is 2.89. The maximum atomic E-state index is 3.66. The van der Waals surface area contributed by atoms with Crippen LogP contribution in [0.5, 0.6) is 0 Å². The topological polar surface area (TPSA) is 12.0 Å². The van der Waals surface area contributed by atoms with E-state index in [2.05, 4.69) is 56.2 Å². The largest absolute Gasteiger partial charge is 0.383 e. The van der Waals surface area contributed by atoms with Gasteiger partial charge in [0.15, 0.2) is 0 Å². The Kier molecular flexibility index (Phi) is 3.72. The van der Waals surface area contributed by atoms with Crippen LogP contribution >= 0.6 is 31.9 Å². The second-order valence-corrected chi connectivity index (χ2v) is 7.63. The van der Waals surface area contributed by atoms with Crippen molar-refractivity contribution in [3.05, 3.63) is 26.6 Å². The molecular formula is C15H19Br2N. The lowest BCUT2D eigenvalue weighted by Crippen LogP contribution is -2.20. The number of hydrogen-bond acceptors (Lipinski definition) is 1. The molecule has 2 aliphatic carbocycles. The molecule has 18 heavy (non-hydrogen) atoms. The molecular weight excluding hydrogens is 354 g/mol. The lowest BCUT2D eigenvalue weighted by atomic mass is 9.89. The smallest absolute Gasteiger partial charge is 0.0629 e. The fourth-order valence-electron chi connectivity index (χ4n) is 3.73. The van der Waals surface area contributed by atoms with Crippen molar-refractivity contribution >= 4 is 37.5 Å². The van der Waals surface area contributed by atoms with Crippen LogP contribution in [-0.4, -0.2) is 6.54 Å². The van der Waals surface area contributed by atoms with Gasteiger partial charge in [-0.3, -0.25) is 0 Å². The minimum atomic E-state index is 0.892. The molecule has 0 radical (unpaired) electrons. The number of hydrogen-bond donors (Lipinski definition) is 1. The summed E-state index contributed by atoms with van der Waals surface area (Å²) in [4.78, 5) is 0. The molecule has 1 nitrogen and oxygen atoms in total. The molecule has 3 rings (SSSR count). The number of rotatable bonds is 3. The lowest BCUT2D eigenvalue weighted by Gasteiger charge is -2.23. The second-order valence-electron chi connectivity index (χ2n) is 5.92. The molecule has 0 saturated heterocycles. The molecule has 0 amide bonds. The third-order valence-electron chi connectivity index (χ3n) is 4.61. The summed E-state index contributed by atoms with van der Waals surface area (Å²) in [6.45, 7) is 3.25. The molecule has 0 aliphatic heterocycles. The van der Waals surface area contributed by atoms with Gasteiger partial charge in [0.25, 0.3) is 0 Å². The van der Waals surface area contributed by atoms with Crippen LogP contribution < -0.4 is 5.32 Å². The average molecular weight is 373 g/mol. The number of nitrogens with one attached hydrogen (secondary N) is 1. The zero-order valence-electron chi connectivity index (χ0n) is 10.7. The van der Waals surface area contributed by atoms with Crippen molar-refractivity contribution in [2.24, 2.45) is 17.8 Å². The monoisotopic (exact) mass is 371 g/mol. The van der Waals surface area contributed by atoms with Crippen LogP contribution in [0.2, 0.25) is 0 Å². The van der Waals surface area contributed by atoms with Gasteiger partial charge in [-0.2, -0.15) is 0 Å². The molecule has 3 heteroatoms. The first-order valence-corrected chi connectivity index (χ1v) is 8.41. The molecule has 1 aromatic carbocycles. The predicted octanol–water partition coefficient (Wildman–Crippen LogP) is 5.37. The van der Waals surface area contributed by atoms with Crippen molar-refractivity contribution in [2.45, 2.75) is 32.6 Å².